The summed E-state index contributed by atoms with van der Waals surface area (Å²) in [4.78, 5) is 10.3. The Balaban J connectivity index is 2.36. The van der Waals surface area contributed by atoms with Crippen LogP contribution in [0.2, 0.25) is 0 Å². The molecule has 1 rings (SSSR count). The van der Waals surface area contributed by atoms with E-state index in [9.17, 15) is 4.79 Å². The molecule has 2 atom stereocenters. The quantitative estimate of drug-likeness (QED) is 0.732. The molecule has 0 saturated heterocycles. The molecule has 4 heteroatoms. The van der Waals surface area contributed by atoms with Gasteiger partial charge in [0.1, 0.15) is 18.1 Å². The second kappa shape index (κ2) is 7.04. The summed E-state index contributed by atoms with van der Waals surface area (Å²) in [5, 5.41) is 9.13. The molecule has 0 aliphatic carbocycles. The second-order valence-electron chi connectivity index (χ2n) is 3.91. The molecule has 0 saturated carbocycles. The predicted octanol–water partition coefficient (Wildman–Crippen LogP) is 1.55. The van der Waals surface area contributed by atoms with Crippen LogP contribution in [-0.2, 0) is 16.1 Å². The lowest BCUT2D eigenvalue weighted by Crippen LogP contribution is -2.18. The molecule has 94 valence electrons. The topological polar surface area (TPSA) is 55.8 Å². The van der Waals surface area contributed by atoms with E-state index in [4.69, 9.17) is 14.6 Å². The summed E-state index contributed by atoms with van der Waals surface area (Å²) in [6, 6.07) is 7.57. The van der Waals surface area contributed by atoms with Crippen LogP contribution in [0.3, 0.4) is 0 Å². The smallest absolute Gasteiger partial charge is 0.148 e. The Morgan fingerprint density at radius 1 is 1.35 bits per heavy atom. The number of aliphatic hydroxyl groups excluding tert-OH is 1. The molecule has 0 spiro atoms. The van der Waals surface area contributed by atoms with Crippen LogP contribution >= 0.6 is 0 Å². The fraction of sp³-hybridized carbons (Fsp3) is 0.462. The monoisotopic (exact) mass is 238 g/mol. The van der Waals surface area contributed by atoms with E-state index in [1.807, 2.05) is 31.2 Å². The molecule has 1 aromatic carbocycles. The van der Waals surface area contributed by atoms with Crippen LogP contribution in [-0.4, -0.2) is 30.7 Å². The maximum absolute atomic E-state index is 10.3. The van der Waals surface area contributed by atoms with Crippen LogP contribution in [0.1, 0.15) is 18.9 Å². The van der Waals surface area contributed by atoms with Gasteiger partial charge in [-0.3, -0.25) is 0 Å². The Hall–Kier alpha value is -1.39. The number of hydrogen-bond acceptors (Lipinski definition) is 4. The molecule has 0 bridgehead atoms. The molecular weight excluding hydrogens is 220 g/mol. The van der Waals surface area contributed by atoms with Crippen molar-refractivity contribution in [1.29, 1.82) is 0 Å². The maximum atomic E-state index is 10.3. The third-order valence-electron chi connectivity index (χ3n) is 2.42. The van der Waals surface area contributed by atoms with Gasteiger partial charge in [0.25, 0.3) is 0 Å². The van der Waals surface area contributed by atoms with Crippen molar-refractivity contribution in [2.45, 2.75) is 32.2 Å². The Bertz CT molecular complexity index is 334. The van der Waals surface area contributed by atoms with Gasteiger partial charge >= 0.3 is 0 Å². The number of aliphatic hydroxyl groups is 1. The Morgan fingerprint density at radius 3 is 2.53 bits per heavy atom. The molecule has 0 amide bonds. The van der Waals surface area contributed by atoms with Gasteiger partial charge in [0.2, 0.25) is 0 Å². The van der Waals surface area contributed by atoms with E-state index in [2.05, 4.69) is 0 Å². The summed E-state index contributed by atoms with van der Waals surface area (Å²) in [6.45, 7) is 2.28. The van der Waals surface area contributed by atoms with Crippen molar-refractivity contribution in [2.24, 2.45) is 0 Å². The lowest BCUT2D eigenvalue weighted by molar-refractivity contribution is -0.116. The number of rotatable bonds is 7. The number of benzene rings is 1. The highest BCUT2D eigenvalue weighted by molar-refractivity contribution is 5.55. The summed E-state index contributed by atoms with van der Waals surface area (Å²) in [5.74, 6) is 0.804. The number of hydrogen-bond donors (Lipinski definition) is 1. The third kappa shape index (κ3) is 4.97. The molecule has 1 aromatic rings. The lowest BCUT2D eigenvalue weighted by atomic mass is 10.2. The van der Waals surface area contributed by atoms with Gasteiger partial charge < -0.3 is 19.4 Å². The molecule has 0 aliphatic rings. The van der Waals surface area contributed by atoms with Gasteiger partial charge in [0.15, 0.2) is 0 Å². The van der Waals surface area contributed by atoms with E-state index in [0.717, 1.165) is 11.3 Å². The normalized spacial score (nSPS) is 14.1. The summed E-state index contributed by atoms with van der Waals surface area (Å²) < 4.78 is 10.6. The number of ether oxygens (including phenoxy) is 2. The van der Waals surface area contributed by atoms with E-state index in [0.29, 0.717) is 19.3 Å². The van der Waals surface area contributed by atoms with Crippen molar-refractivity contribution in [3.8, 4) is 5.75 Å². The van der Waals surface area contributed by atoms with Crippen molar-refractivity contribution in [3.63, 3.8) is 0 Å². The first-order chi connectivity index (χ1) is 8.15. The first-order valence-corrected chi connectivity index (χ1v) is 5.53. The molecule has 4 nitrogen and oxygen atoms in total. The van der Waals surface area contributed by atoms with Gasteiger partial charge in [-0.25, -0.2) is 0 Å². The van der Waals surface area contributed by atoms with Crippen molar-refractivity contribution >= 4 is 6.29 Å². The maximum Gasteiger partial charge on any atom is 0.148 e. The summed E-state index contributed by atoms with van der Waals surface area (Å²) >= 11 is 0. The third-order valence-corrected chi connectivity index (χ3v) is 2.42. The minimum Gasteiger partial charge on any atom is -0.497 e. The molecule has 17 heavy (non-hydrogen) atoms. The van der Waals surface area contributed by atoms with E-state index < -0.39 is 6.10 Å². The lowest BCUT2D eigenvalue weighted by Gasteiger charge is -2.14. The van der Waals surface area contributed by atoms with Crippen LogP contribution in [0.15, 0.2) is 24.3 Å². The van der Waals surface area contributed by atoms with Crippen molar-refractivity contribution in [2.75, 3.05) is 7.11 Å². The van der Waals surface area contributed by atoms with E-state index in [1.54, 1.807) is 7.11 Å². The first kappa shape index (κ1) is 13.7. The van der Waals surface area contributed by atoms with Crippen LogP contribution in [0.25, 0.3) is 0 Å². The minimum atomic E-state index is -0.944. The van der Waals surface area contributed by atoms with Crippen molar-refractivity contribution < 1.29 is 19.4 Å². The fourth-order valence-electron chi connectivity index (χ4n) is 1.42. The summed E-state index contributed by atoms with van der Waals surface area (Å²) in [7, 11) is 1.62. The standard InChI is InChI=1S/C13H18O4/c1-10(7-12(15)8-14)17-9-11-3-5-13(16-2)6-4-11/h3-6,8,10,12,15H,7,9H2,1-2H3/t10-,12+/m0/s1. The van der Waals surface area contributed by atoms with Crippen LogP contribution < -0.4 is 4.74 Å². The van der Waals surface area contributed by atoms with Gasteiger partial charge in [-0.1, -0.05) is 12.1 Å². The van der Waals surface area contributed by atoms with Gasteiger partial charge in [0, 0.05) is 6.42 Å². The zero-order chi connectivity index (χ0) is 12.7. The zero-order valence-electron chi connectivity index (χ0n) is 10.1. The highest BCUT2D eigenvalue weighted by Crippen LogP contribution is 2.13. The predicted molar refractivity (Wildman–Crippen MR) is 63.9 cm³/mol. The molecule has 0 fully saturated rings. The molecule has 1 N–H and O–H groups in total. The summed E-state index contributed by atoms with van der Waals surface area (Å²) in [6.07, 6.45) is -0.259. The van der Waals surface area contributed by atoms with Gasteiger partial charge in [-0.2, -0.15) is 0 Å². The number of carbonyl (C=O) groups is 1. The first-order valence-electron chi connectivity index (χ1n) is 5.53. The molecule has 0 radical (unpaired) electrons. The number of aldehydes is 1. The van der Waals surface area contributed by atoms with Crippen LogP contribution in [0, 0.1) is 0 Å². The number of carbonyl (C=O) groups excluding carboxylic acids is 1. The average Bonchev–Trinajstić information content (AvgIpc) is 2.36. The molecule has 0 aromatic heterocycles. The average molecular weight is 238 g/mol. The number of methoxy groups -OCH3 is 1. The highest BCUT2D eigenvalue weighted by atomic mass is 16.5. The van der Waals surface area contributed by atoms with Gasteiger partial charge in [-0.05, 0) is 24.6 Å². The zero-order valence-corrected chi connectivity index (χ0v) is 10.1. The Kier molecular flexibility index (Phi) is 5.66. The van der Waals surface area contributed by atoms with E-state index in [1.165, 1.54) is 0 Å². The van der Waals surface area contributed by atoms with Crippen LogP contribution in [0.4, 0.5) is 0 Å². The minimum absolute atomic E-state index is 0.155. The van der Waals surface area contributed by atoms with Crippen molar-refractivity contribution in [3.05, 3.63) is 29.8 Å². The highest BCUT2D eigenvalue weighted by Gasteiger charge is 2.09. The molecule has 0 heterocycles. The fourth-order valence-corrected chi connectivity index (χ4v) is 1.42. The largest absolute Gasteiger partial charge is 0.497 e. The van der Waals surface area contributed by atoms with E-state index >= 15 is 0 Å². The molecule has 0 unspecified atom stereocenters. The summed E-state index contributed by atoms with van der Waals surface area (Å²) in [5.41, 5.74) is 1.03. The van der Waals surface area contributed by atoms with E-state index in [-0.39, 0.29) is 6.10 Å². The Labute approximate surface area is 101 Å². The Morgan fingerprint density at radius 2 is 2.00 bits per heavy atom. The second-order valence-corrected chi connectivity index (χ2v) is 3.91. The van der Waals surface area contributed by atoms with Gasteiger partial charge in [-0.15, -0.1) is 0 Å². The SMILES string of the molecule is COc1ccc(CO[C@@H](C)C[C@@H](O)C=O)cc1. The molecule has 0 aliphatic heterocycles. The van der Waals surface area contributed by atoms with Crippen molar-refractivity contribution in [1.82, 2.24) is 0 Å². The molecular formula is C13H18O4. The van der Waals surface area contributed by atoms with Gasteiger partial charge in [0.05, 0.1) is 19.8 Å². The van der Waals surface area contributed by atoms with Crippen LogP contribution in [0.5, 0.6) is 5.75 Å².